The van der Waals surface area contributed by atoms with Crippen LogP contribution in [0.15, 0.2) is 47.6 Å². The van der Waals surface area contributed by atoms with Crippen LogP contribution in [-0.2, 0) is 0 Å². The Morgan fingerprint density at radius 3 is 2.52 bits per heavy atom. The van der Waals surface area contributed by atoms with Crippen LogP contribution in [0.5, 0.6) is 0 Å². The number of hydrogen-bond donors (Lipinski definition) is 0. The zero-order valence-corrected chi connectivity index (χ0v) is 17.6. The molecular formula is C26H37N. The van der Waals surface area contributed by atoms with Gasteiger partial charge in [0.15, 0.2) is 0 Å². The van der Waals surface area contributed by atoms with Gasteiger partial charge in [0.05, 0.1) is 0 Å². The van der Waals surface area contributed by atoms with Gasteiger partial charge in [-0.1, -0.05) is 62.8 Å². The zero-order valence-electron chi connectivity index (χ0n) is 17.6. The maximum atomic E-state index is 2.64. The maximum absolute atomic E-state index is 2.64. The molecule has 1 heterocycles. The minimum atomic E-state index is 0.335. The number of benzene rings is 1. The molecule has 1 aromatic carbocycles. The predicted molar refractivity (Wildman–Crippen MR) is 119 cm³/mol. The highest BCUT2D eigenvalue weighted by molar-refractivity contribution is 5.59. The number of unbranched alkanes of at least 4 members (excludes halogenated alkanes) is 1. The zero-order chi connectivity index (χ0) is 19.1. The van der Waals surface area contributed by atoms with Crippen LogP contribution < -0.4 is 10.4 Å². The number of hydrogen-bond acceptors (Lipinski definition) is 1. The Kier molecular flexibility index (Phi) is 7.13. The molecule has 3 rings (SSSR count). The summed E-state index contributed by atoms with van der Waals surface area (Å²) in [6.45, 7) is 10.9. The fraction of sp³-hybridized carbons (Fsp3) is 0.538. The SMILES string of the molecule is CC/C=c1/cccc/c1=C/C1=CCC(C)(CCCCN2CCCC2)C=C1C. The van der Waals surface area contributed by atoms with Gasteiger partial charge in [-0.3, -0.25) is 0 Å². The van der Waals surface area contributed by atoms with Crippen molar-refractivity contribution < 1.29 is 0 Å². The summed E-state index contributed by atoms with van der Waals surface area (Å²) in [6, 6.07) is 8.74. The van der Waals surface area contributed by atoms with Crippen molar-refractivity contribution in [2.24, 2.45) is 5.41 Å². The lowest BCUT2D eigenvalue weighted by Crippen LogP contribution is -2.24. The van der Waals surface area contributed by atoms with E-state index in [-0.39, 0.29) is 0 Å². The second-order valence-electron chi connectivity index (χ2n) is 8.74. The Hall–Kier alpha value is -1.60. The number of rotatable bonds is 7. The molecule has 27 heavy (non-hydrogen) atoms. The number of nitrogens with zero attached hydrogens (tertiary/aromatic N) is 1. The largest absolute Gasteiger partial charge is 0.303 e. The van der Waals surface area contributed by atoms with Gasteiger partial charge < -0.3 is 4.90 Å². The van der Waals surface area contributed by atoms with E-state index in [0.29, 0.717) is 5.41 Å². The molecule has 1 unspecified atom stereocenters. The summed E-state index contributed by atoms with van der Waals surface area (Å²) in [7, 11) is 0. The van der Waals surface area contributed by atoms with Gasteiger partial charge in [0, 0.05) is 0 Å². The molecule has 1 aromatic rings. The fourth-order valence-electron chi connectivity index (χ4n) is 4.60. The highest BCUT2D eigenvalue weighted by Gasteiger charge is 2.24. The van der Waals surface area contributed by atoms with E-state index in [1.54, 1.807) is 0 Å². The van der Waals surface area contributed by atoms with Crippen molar-refractivity contribution in [3.63, 3.8) is 0 Å². The van der Waals surface area contributed by atoms with E-state index in [0.717, 1.165) is 6.42 Å². The second-order valence-corrected chi connectivity index (χ2v) is 8.74. The lowest BCUT2D eigenvalue weighted by atomic mass is 9.75. The third-order valence-corrected chi connectivity index (χ3v) is 6.21. The molecule has 1 heteroatoms. The quantitative estimate of drug-likeness (QED) is 0.601. The van der Waals surface area contributed by atoms with E-state index in [4.69, 9.17) is 0 Å². The molecule has 1 aliphatic carbocycles. The first-order valence-corrected chi connectivity index (χ1v) is 11.0. The van der Waals surface area contributed by atoms with E-state index in [9.17, 15) is 0 Å². The fourth-order valence-corrected chi connectivity index (χ4v) is 4.60. The van der Waals surface area contributed by atoms with Gasteiger partial charge in [-0.25, -0.2) is 0 Å². The Morgan fingerprint density at radius 1 is 1.07 bits per heavy atom. The number of likely N-dealkylation sites (tertiary alicyclic amines) is 1. The molecule has 146 valence electrons. The van der Waals surface area contributed by atoms with Gasteiger partial charge >= 0.3 is 0 Å². The van der Waals surface area contributed by atoms with Crippen molar-refractivity contribution in [2.45, 2.75) is 65.7 Å². The van der Waals surface area contributed by atoms with Crippen LogP contribution in [-0.4, -0.2) is 24.5 Å². The lowest BCUT2D eigenvalue weighted by molar-refractivity contribution is 0.308. The third-order valence-electron chi connectivity index (χ3n) is 6.21. The number of allylic oxidation sites excluding steroid dienone is 4. The van der Waals surface area contributed by atoms with Crippen molar-refractivity contribution in [3.8, 4) is 0 Å². The second kappa shape index (κ2) is 9.55. The minimum absolute atomic E-state index is 0.335. The van der Waals surface area contributed by atoms with Crippen LogP contribution in [0, 0.1) is 5.41 Å². The highest BCUT2D eigenvalue weighted by atomic mass is 15.1. The van der Waals surface area contributed by atoms with Gasteiger partial charge in [0.1, 0.15) is 0 Å². The van der Waals surface area contributed by atoms with Gasteiger partial charge in [-0.15, -0.1) is 0 Å². The van der Waals surface area contributed by atoms with Gasteiger partial charge in [-0.2, -0.15) is 0 Å². The summed E-state index contributed by atoms with van der Waals surface area (Å²) < 4.78 is 0. The Balaban J connectivity index is 1.62. The van der Waals surface area contributed by atoms with Crippen LogP contribution in [0.4, 0.5) is 0 Å². The van der Waals surface area contributed by atoms with Crippen LogP contribution >= 0.6 is 0 Å². The van der Waals surface area contributed by atoms with Gasteiger partial charge in [0.2, 0.25) is 0 Å². The Bertz CT molecular complexity index is 792. The molecule has 0 spiro atoms. The Labute approximate surface area is 166 Å². The van der Waals surface area contributed by atoms with Crippen molar-refractivity contribution in [3.05, 3.63) is 58.0 Å². The molecule has 1 atom stereocenters. The molecule has 1 fully saturated rings. The predicted octanol–water partition coefficient (Wildman–Crippen LogP) is 5.21. The smallest absolute Gasteiger partial charge is 0.00183 e. The van der Waals surface area contributed by atoms with Crippen LogP contribution in [0.3, 0.4) is 0 Å². The average Bonchev–Trinajstić information content (AvgIpc) is 3.17. The monoisotopic (exact) mass is 363 g/mol. The highest BCUT2D eigenvalue weighted by Crippen LogP contribution is 2.37. The molecule has 2 aliphatic rings. The summed E-state index contributed by atoms with van der Waals surface area (Å²) in [5.74, 6) is 0. The molecule has 1 nitrogen and oxygen atoms in total. The van der Waals surface area contributed by atoms with Crippen molar-refractivity contribution >= 4 is 12.2 Å². The van der Waals surface area contributed by atoms with Crippen LogP contribution in [0.2, 0.25) is 0 Å². The molecule has 1 aliphatic heterocycles. The van der Waals surface area contributed by atoms with Crippen molar-refractivity contribution in [1.82, 2.24) is 4.90 Å². The minimum Gasteiger partial charge on any atom is -0.303 e. The Morgan fingerprint density at radius 2 is 1.81 bits per heavy atom. The average molecular weight is 364 g/mol. The van der Waals surface area contributed by atoms with Gasteiger partial charge in [0.25, 0.3) is 0 Å². The molecule has 0 saturated carbocycles. The van der Waals surface area contributed by atoms with Crippen LogP contribution in [0.25, 0.3) is 12.2 Å². The molecule has 0 radical (unpaired) electrons. The van der Waals surface area contributed by atoms with Crippen LogP contribution in [0.1, 0.15) is 65.7 Å². The lowest BCUT2D eigenvalue weighted by Gasteiger charge is -2.30. The molecule has 0 amide bonds. The van der Waals surface area contributed by atoms with Crippen molar-refractivity contribution in [1.29, 1.82) is 0 Å². The summed E-state index contributed by atoms with van der Waals surface area (Å²) in [5.41, 5.74) is 3.18. The van der Waals surface area contributed by atoms with E-state index in [1.807, 2.05) is 0 Å². The first-order chi connectivity index (χ1) is 13.1. The van der Waals surface area contributed by atoms with E-state index in [2.05, 4.69) is 74.2 Å². The van der Waals surface area contributed by atoms with E-state index in [1.165, 1.54) is 79.7 Å². The summed E-state index contributed by atoms with van der Waals surface area (Å²) in [4.78, 5) is 2.64. The molecule has 0 bridgehead atoms. The maximum Gasteiger partial charge on any atom is -0.00183 e. The molecular weight excluding hydrogens is 326 g/mol. The van der Waals surface area contributed by atoms with E-state index < -0.39 is 0 Å². The topological polar surface area (TPSA) is 3.24 Å². The molecule has 1 saturated heterocycles. The first-order valence-electron chi connectivity index (χ1n) is 11.0. The summed E-state index contributed by atoms with van der Waals surface area (Å²) >= 11 is 0. The standard InChI is InChI=1S/C26H37N/c1-4-11-23-12-5-6-13-25(23)20-24-14-16-26(3,21-22(24)2)15-7-8-17-27-18-9-10-19-27/h5-6,11-14,20-21H,4,7-10,15-19H2,1-3H3/b23-11-,25-20-. The van der Waals surface area contributed by atoms with Gasteiger partial charge in [-0.05, 0) is 98.2 Å². The van der Waals surface area contributed by atoms with Crippen molar-refractivity contribution in [2.75, 3.05) is 19.6 Å². The molecule has 0 N–H and O–H groups in total. The van der Waals surface area contributed by atoms with E-state index >= 15 is 0 Å². The summed E-state index contributed by atoms with van der Waals surface area (Å²) in [6.07, 6.45) is 18.8. The first kappa shape index (κ1) is 20.1. The summed E-state index contributed by atoms with van der Waals surface area (Å²) in [5, 5.41) is 2.69. The molecule has 0 aromatic heterocycles. The normalized spacial score (nSPS) is 25.0. The third kappa shape index (κ3) is 5.69.